The molecule has 0 saturated carbocycles. The number of aliphatic hydroxyl groups is 4. The second-order valence-electron chi connectivity index (χ2n) is 10.8. The molecular formula is C42H46O4P2Pd2. The van der Waals surface area contributed by atoms with Crippen molar-refractivity contribution in [3.05, 3.63) is 195 Å². The predicted octanol–water partition coefficient (Wildman–Crippen LogP) is 5.35. The number of rotatable bonds is 6. The molecule has 0 atom stereocenters. The average molecular weight is 890 g/mol. The molecule has 0 bridgehead atoms. The van der Waals surface area contributed by atoms with Crippen molar-refractivity contribution in [3.8, 4) is 0 Å². The third-order valence-electron chi connectivity index (χ3n) is 6.82. The van der Waals surface area contributed by atoms with Crippen molar-refractivity contribution in [1.82, 2.24) is 0 Å². The third kappa shape index (κ3) is 15.5. The zero-order chi connectivity index (χ0) is 34.7. The van der Waals surface area contributed by atoms with Gasteiger partial charge in [0.2, 0.25) is 0 Å². The van der Waals surface area contributed by atoms with Gasteiger partial charge >= 0.3 is 0 Å². The Kier molecular flexibility index (Phi) is 22.6. The Balaban J connectivity index is 0.000000399. The summed E-state index contributed by atoms with van der Waals surface area (Å²) in [6.45, 7) is 11.0. The van der Waals surface area contributed by atoms with Crippen molar-refractivity contribution in [2.24, 2.45) is 0 Å². The van der Waals surface area contributed by atoms with Gasteiger partial charge in [-0.25, -0.2) is 0 Å². The second-order valence-corrected chi connectivity index (χ2v) is 15.7. The molecule has 0 saturated heterocycles. The monoisotopic (exact) mass is 888 g/mol. The summed E-state index contributed by atoms with van der Waals surface area (Å²) in [6, 6.07) is 60.1. The molecule has 6 aromatic carbocycles. The average Bonchev–Trinajstić information content (AvgIpc) is 3.09. The van der Waals surface area contributed by atoms with Gasteiger partial charge in [-0.1, -0.05) is 97.1 Å². The first-order valence-electron chi connectivity index (χ1n) is 15.7. The van der Waals surface area contributed by atoms with E-state index < -0.39 is 28.4 Å². The molecule has 0 unspecified atom stereocenters. The van der Waals surface area contributed by atoms with Gasteiger partial charge in [0.25, 0.3) is 0 Å². The summed E-state index contributed by atoms with van der Waals surface area (Å²) in [5, 5.41) is 38.8. The van der Waals surface area contributed by atoms with Crippen LogP contribution in [0.4, 0.5) is 0 Å². The Hall–Kier alpha value is -2.92. The molecule has 4 N–H and O–H groups in total. The molecule has 0 aliphatic carbocycles. The Morgan fingerprint density at radius 1 is 0.360 bits per heavy atom. The van der Waals surface area contributed by atoms with Crippen molar-refractivity contribution < 1.29 is 61.3 Å². The number of aliphatic hydroxyl groups excluding tert-OH is 2. The summed E-state index contributed by atoms with van der Waals surface area (Å²) in [6.07, 6.45) is -2.33. The molecule has 0 fully saturated rings. The zero-order valence-electron chi connectivity index (χ0n) is 28.2. The van der Waals surface area contributed by atoms with Crippen molar-refractivity contribution >= 4 is 47.7 Å². The van der Waals surface area contributed by atoms with Crippen LogP contribution in [0.5, 0.6) is 0 Å². The Morgan fingerprint density at radius 3 is 0.740 bits per heavy atom. The minimum atomic E-state index is -1.17. The molecule has 50 heavy (non-hydrogen) atoms. The molecule has 0 spiro atoms. The maximum atomic E-state index is 7.61. The van der Waals surface area contributed by atoms with Crippen LogP contribution in [0.25, 0.3) is 0 Å². The topological polar surface area (TPSA) is 80.9 Å². The molecule has 0 radical (unpaired) electrons. The van der Waals surface area contributed by atoms with Crippen molar-refractivity contribution in [2.75, 3.05) is 0 Å². The zero-order valence-corrected chi connectivity index (χ0v) is 33.3. The van der Waals surface area contributed by atoms with Gasteiger partial charge in [-0.05, 0) is 62.4 Å². The molecular weight excluding hydrogens is 843 g/mol. The van der Waals surface area contributed by atoms with Gasteiger partial charge in [0.1, 0.15) is 12.6 Å². The fraction of sp³-hybridized carbons (Fsp3) is 0.0952. The smallest absolute Gasteiger partial charge is 0.148 e. The number of hydrogen-bond acceptors (Lipinski definition) is 4. The van der Waals surface area contributed by atoms with E-state index in [1.54, 1.807) is 0 Å². The van der Waals surface area contributed by atoms with E-state index in [0.29, 0.717) is 0 Å². The van der Waals surface area contributed by atoms with Crippen LogP contribution in [0.3, 0.4) is 0 Å². The molecule has 0 amide bonds. The van der Waals surface area contributed by atoms with Crippen LogP contribution >= 0.6 is 15.8 Å². The van der Waals surface area contributed by atoms with Crippen molar-refractivity contribution in [3.63, 3.8) is 0 Å². The SMILES string of the molecule is CC(O)O.CC(O)O.[CH2-]c1ccccc1[PH+](c1ccccc1)c1ccccc1.[CH2-]c1ccccc1[PH+](c1ccccc1)c1ccccc1.[Pd].[Pd]. The molecule has 6 aromatic rings. The summed E-state index contributed by atoms with van der Waals surface area (Å²) >= 11 is 0. The third-order valence-corrected chi connectivity index (χ3v) is 12.5. The fourth-order valence-corrected chi connectivity index (χ4v) is 10.3. The first kappa shape index (κ1) is 45.1. The Bertz CT molecular complexity index is 1510. The van der Waals surface area contributed by atoms with Gasteiger partial charge < -0.3 is 20.4 Å². The molecule has 0 aliphatic heterocycles. The van der Waals surface area contributed by atoms with E-state index in [1.165, 1.54) is 45.7 Å². The van der Waals surface area contributed by atoms with E-state index in [4.69, 9.17) is 20.4 Å². The van der Waals surface area contributed by atoms with Gasteiger partial charge in [-0.15, -0.1) is 12.1 Å². The molecule has 0 aromatic heterocycles. The summed E-state index contributed by atoms with van der Waals surface area (Å²) in [5.41, 5.74) is 2.27. The van der Waals surface area contributed by atoms with Crippen LogP contribution in [-0.4, -0.2) is 33.0 Å². The standard InChI is InChI=1S/2C19H16P.2C2H6O2.2Pd/c2*1-16-10-8-9-15-19(16)20(17-11-4-2-5-12-17)18-13-6-3-7-14-18;2*1-2(3)4;;/h2*2-15H,1H2;2*2-4H,1H3;;/q2*-1;;;;/p+2. The van der Waals surface area contributed by atoms with Crippen LogP contribution in [0.2, 0.25) is 0 Å². The number of benzene rings is 6. The van der Waals surface area contributed by atoms with Crippen LogP contribution in [0.1, 0.15) is 25.0 Å². The molecule has 268 valence electrons. The van der Waals surface area contributed by atoms with Gasteiger partial charge in [0, 0.05) is 51.5 Å². The van der Waals surface area contributed by atoms with Crippen molar-refractivity contribution in [1.29, 1.82) is 0 Å². The van der Waals surface area contributed by atoms with E-state index in [1.807, 2.05) is 0 Å². The minimum absolute atomic E-state index is 0. The quantitative estimate of drug-likeness (QED) is 0.0789. The van der Waals surface area contributed by atoms with E-state index in [2.05, 4.69) is 184 Å². The maximum Gasteiger partial charge on any atom is 0.148 e. The van der Waals surface area contributed by atoms with Gasteiger partial charge in [-0.3, -0.25) is 0 Å². The molecule has 4 nitrogen and oxygen atoms in total. The summed E-state index contributed by atoms with van der Waals surface area (Å²) in [4.78, 5) is 0. The Labute approximate surface area is 328 Å². The Morgan fingerprint density at radius 2 is 0.540 bits per heavy atom. The first-order valence-corrected chi connectivity index (χ1v) is 18.7. The largest absolute Gasteiger partial charge is 0.368 e. The summed E-state index contributed by atoms with van der Waals surface area (Å²) < 4.78 is 0. The van der Waals surface area contributed by atoms with Crippen LogP contribution < -0.4 is 31.8 Å². The van der Waals surface area contributed by atoms with Gasteiger partial charge in [0.15, 0.2) is 0 Å². The minimum Gasteiger partial charge on any atom is -0.368 e. The van der Waals surface area contributed by atoms with E-state index in [9.17, 15) is 0 Å². The van der Waals surface area contributed by atoms with Gasteiger partial charge in [0.05, 0.1) is 37.1 Å². The fourth-order valence-electron chi connectivity index (χ4n) is 4.90. The summed E-state index contributed by atoms with van der Waals surface area (Å²) in [7, 11) is -1.94. The second kappa shape index (κ2) is 25.1. The van der Waals surface area contributed by atoms with Crippen molar-refractivity contribution in [2.45, 2.75) is 26.4 Å². The van der Waals surface area contributed by atoms with Crippen LogP contribution in [0.15, 0.2) is 170 Å². The molecule has 6 rings (SSSR count). The maximum absolute atomic E-state index is 7.61. The molecule has 0 aliphatic rings. The van der Waals surface area contributed by atoms with Gasteiger partial charge in [-0.2, -0.15) is 37.1 Å². The number of hydrogen-bond donors (Lipinski definition) is 4. The predicted molar refractivity (Wildman–Crippen MR) is 210 cm³/mol. The van der Waals surface area contributed by atoms with E-state index in [-0.39, 0.29) is 40.8 Å². The molecule has 0 heterocycles. The van der Waals surface area contributed by atoms with E-state index in [0.717, 1.165) is 11.1 Å². The summed E-state index contributed by atoms with van der Waals surface area (Å²) in [5.74, 6) is 0. The van der Waals surface area contributed by atoms with Crippen LogP contribution in [0, 0.1) is 13.8 Å². The first-order chi connectivity index (χ1) is 23.2. The molecule has 8 heteroatoms. The van der Waals surface area contributed by atoms with E-state index >= 15 is 0 Å². The van der Waals surface area contributed by atoms with Crippen LogP contribution in [-0.2, 0) is 40.8 Å². The normalized spacial score (nSPS) is 9.96.